The molecular formula is C26H21FN8OS. The molecule has 0 spiro atoms. The summed E-state index contributed by atoms with van der Waals surface area (Å²) >= 11 is 1.05. The average Bonchev–Trinajstić information content (AvgIpc) is 3.64. The van der Waals surface area contributed by atoms with Crippen LogP contribution >= 0.6 is 11.3 Å². The van der Waals surface area contributed by atoms with E-state index in [2.05, 4.69) is 42.4 Å². The minimum absolute atomic E-state index is 0.0319. The maximum Gasteiger partial charge on any atom is 0.224 e. The van der Waals surface area contributed by atoms with Crippen molar-refractivity contribution in [2.45, 2.75) is 26.2 Å². The van der Waals surface area contributed by atoms with Gasteiger partial charge >= 0.3 is 0 Å². The Kier molecular flexibility index (Phi) is 5.89. The van der Waals surface area contributed by atoms with Gasteiger partial charge in [-0.05, 0) is 30.7 Å². The average molecular weight is 513 g/mol. The minimum atomic E-state index is -0.264. The monoisotopic (exact) mass is 512 g/mol. The molecule has 6 aromatic heterocycles. The van der Waals surface area contributed by atoms with Gasteiger partial charge in [0.15, 0.2) is 16.6 Å². The number of nitrogens with zero attached hydrogens (tertiary/aromatic N) is 5. The molecule has 0 aliphatic heterocycles. The van der Waals surface area contributed by atoms with Crippen LogP contribution < -0.4 is 5.32 Å². The highest BCUT2D eigenvalue weighted by Crippen LogP contribution is 2.34. The lowest BCUT2D eigenvalue weighted by atomic mass is 10.1. The van der Waals surface area contributed by atoms with Gasteiger partial charge in [0.1, 0.15) is 11.2 Å². The molecule has 0 aliphatic carbocycles. The molecule has 0 fully saturated rings. The molecular weight excluding hydrogens is 491 g/mol. The number of anilines is 1. The summed E-state index contributed by atoms with van der Waals surface area (Å²) in [5.74, 6) is 0.535. The van der Waals surface area contributed by atoms with Crippen LogP contribution in [0.4, 0.5) is 10.1 Å². The number of H-pyrrole nitrogens is 2. The molecule has 6 heterocycles. The van der Waals surface area contributed by atoms with Crippen molar-refractivity contribution in [2.75, 3.05) is 5.32 Å². The van der Waals surface area contributed by atoms with Crippen molar-refractivity contribution in [2.24, 2.45) is 0 Å². The van der Waals surface area contributed by atoms with E-state index in [1.165, 1.54) is 6.07 Å². The van der Waals surface area contributed by atoms with E-state index in [4.69, 9.17) is 4.98 Å². The zero-order valence-electron chi connectivity index (χ0n) is 19.7. The minimum Gasteiger partial charge on any atom is -0.335 e. The lowest BCUT2D eigenvalue weighted by Crippen LogP contribution is -2.11. The maximum atomic E-state index is 13.7. The Balaban J connectivity index is 1.37. The molecule has 0 aliphatic rings. The van der Waals surface area contributed by atoms with Crippen LogP contribution in [-0.2, 0) is 4.79 Å². The molecule has 0 radical (unpaired) electrons. The molecule has 184 valence electrons. The van der Waals surface area contributed by atoms with E-state index in [1.54, 1.807) is 37.1 Å². The van der Waals surface area contributed by atoms with Crippen molar-refractivity contribution in [3.8, 4) is 33.1 Å². The summed E-state index contributed by atoms with van der Waals surface area (Å²) in [5, 5.41) is 10.8. The molecule has 0 saturated heterocycles. The Labute approximate surface area is 214 Å². The first-order chi connectivity index (χ1) is 18.1. The van der Waals surface area contributed by atoms with Crippen LogP contribution in [-0.4, -0.2) is 41.0 Å². The third-order valence-corrected chi connectivity index (χ3v) is 6.90. The predicted octanol–water partition coefficient (Wildman–Crippen LogP) is 5.95. The first kappa shape index (κ1) is 22.9. The smallest absolute Gasteiger partial charge is 0.224 e. The number of imidazole rings is 1. The number of pyridine rings is 3. The van der Waals surface area contributed by atoms with Gasteiger partial charge in [0.05, 0.1) is 29.0 Å². The number of fused-ring (bicyclic) bond motifs is 2. The summed E-state index contributed by atoms with van der Waals surface area (Å²) in [6, 6.07) is 6.99. The zero-order valence-corrected chi connectivity index (χ0v) is 20.6. The van der Waals surface area contributed by atoms with E-state index in [-0.39, 0.29) is 11.0 Å². The first-order valence-electron chi connectivity index (χ1n) is 11.8. The van der Waals surface area contributed by atoms with Crippen molar-refractivity contribution in [3.63, 3.8) is 0 Å². The molecule has 6 rings (SSSR count). The van der Waals surface area contributed by atoms with Gasteiger partial charge in [-0.3, -0.25) is 19.9 Å². The number of unbranched alkanes of at least 4 members (excludes halogenated alkanes) is 1. The quantitative estimate of drug-likeness (QED) is 0.243. The van der Waals surface area contributed by atoms with Crippen LogP contribution in [0.3, 0.4) is 0 Å². The van der Waals surface area contributed by atoms with Crippen LogP contribution in [0.2, 0.25) is 0 Å². The van der Waals surface area contributed by atoms with Crippen LogP contribution in [0, 0.1) is 5.13 Å². The standard InChI is InChI=1S/C26H21FN8OS/c1-2-3-4-22(36)31-16-7-14(9-28-11-16)15-8-17-24(34-35-25(17)30-10-15)26-32-19-13-29-12-18(23(19)33-26)20-5-6-21(27)37-20/h5-13H,2-4H2,1H3,(H,31,36)(H,32,33)(H,30,34,35). The van der Waals surface area contributed by atoms with Gasteiger partial charge in [0, 0.05) is 46.6 Å². The number of nitrogens with one attached hydrogen (secondary N) is 3. The Morgan fingerprint density at radius 3 is 2.78 bits per heavy atom. The number of hydrogen-bond donors (Lipinski definition) is 3. The van der Waals surface area contributed by atoms with Gasteiger partial charge in [-0.2, -0.15) is 9.49 Å². The number of carbonyl (C=O) groups excluding carboxylic acids is 1. The molecule has 9 nitrogen and oxygen atoms in total. The Bertz CT molecular complexity index is 1750. The van der Waals surface area contributed by atoms with Gasteiger partial charge in [0.2, 0.25) is 5.91 Å². The molecule has 37 heavy (non-hydrogen) atoms. The normalized spacial score (nSPS) is 11.4. The Hall–Kier alpha value is -4.51. The maximum absolute atomic E-state index is 13.7. The van der Waals surface area contributed by atoms with Crippen molar-refractivity contribution >= 4 is 45.0 Å². The number of aromatic amines is 2. The lowest BCUT2D eigenvalue weighted by molar-refractivity contribution is -0.116. The number of aromatic nitrogens is 7. The second kappa shape index (κ2) is 9.51. The van der Waals surface area contributed by atoms with E-state index in [0.717, 1.165) is 56.6 Å². The van der Waals surface area contributed by atoms with Gasteiger partial charge in [-0.1, -0.05) is 13.3 Å². The molecule has 3 N–H and O–H groups in total. The molecule has 1 amide bonds. The molecule has 0 aromatic carbocycles. The summed E-state index contributed by atoms with van der Waals surface area (Å²) in [6.07, 6.45) is 10.7. The number of carbonyl (C=O) groups is 1. The van der Waals surface area contributed by atoms with E-state index in [0.29, 0.717) is 34.8 Å². The van der Waals surface area contributed by atoms with Crippen molar-refractivity contribution in [1.29, 1.82) is 0 Å². The highest BCUT2D eigenvalue weighted by atomic mass is 32.1. The second-order valence-corrected chi connectivity index (χ2v) is 9.61. The predicted molar refractivity (Wildman–Crippen MR) is 141 cm³/mol. The van der Waals surface area contributed by atoms with E-state index >= 15 is 0 Å². The number of thiophene rings is 1. The Morgan fingerprint density at radius 2 is 1.95 bits per heavy atom. The molecule has 11 heteroatoms. The summed E-state index contributed by atoms with van der Waals surface area (Å²) in [7, 11) is 0. The summed E-state index contributed by atoms with van der Waals surface area (Å²) in [6.45, 7) is 2.05. The highest BCUT2D eigenvalue weighted by Gasteiger charge is 2.17. The number of amides is 1. The van der Waals surface area contributed by atoms with E-state index < -0.39 is 0 Å². The SMILES string of the molecule is CCCCC(=O)Nc1cncc(-c2cnc3n[nH]c(-c4nc5c(-c6ccc(F)s6)cncc5[nH]4)c3c2)c1. The number of halogens is 1. The topological polar surface area (TPSA) is 125 Å². The third-order valence-electron chi connectivity index (χ3n) is 5.99. The van der Waals surface area contributed by atoms with Crippen molar-refractivity contribution < 1.29 is 9.18 Å². The molecule has 0 atom stereocenters. The summed E-state index contributed by atoms with van der Waals surface area (Å²) in [5.41, 5.74) is 5.63. The summed E-state index contributed by atoms with van der Waals surface area (Å²) < 4.78 is 13.7. The van der Waals surface area contributed by atoms with Gasteiger partial charge in [0.25, 0.3) is 0 Å². The van der Waals surface area contributed by atoms with Crippen LogP contribution in [0.25, 0.3) is 55.2 Å². The largest absolute Gasteiger partial charge is 0.335 e. The zero-order chi connectivity index (χ0) is 25.4. The number of hydrogen-bond acceptors (Lipinski definition) is 7. The van der Waals surface area contributed by atoms with Crippen LogP contribution in [0.5, 0.6) is 0 Å². The summed E-state index contributed by atoms with van der Waals surface area (Å²) in [4.78, 5) is 34.1. The molecule has 0 bridgehead atoms. The van der Waals surface area contributed by atoms with E-state index in [9.17, 15) is 9.18 Å². The van der Waals surface area contributed by atoms with Gasteiger partial charge in [-0.25, -0.2) is 9.97 Å². The van der Waals surface area contributed by atoms with Crippen LogP contribution in [0.15, 0.2) is 55.2 Å². The second-order valence-electron chi connectivity index (χ2n) is 8.58. The van der Waals surface area contributed by atoms with Crippen molar-refractivity contribution in [3.05, 3.63) is 60.4 Å². The fourth-order valence-corrected chi connectivity index (χ4v) is 4.90. The fraction of sp³-hybridized carbons (Fsp3) is 0.154. The first-order valence-corrected chi connectivity index (χ1v) is 12.6. The Morgan fingerprint density at radius 1 is 1.08 bits per heavy atom. The molecule has 6 aromatic rings. The lowest BCUT2D eigenvalue weighted by Gasteiger charge is -2.07. The van der Waals surface area contributed by atoms with Crippen LogP contribution in [0.1, 0.15) is 26.2 Å². The molecule has 0 saturated carbocycles. The molecule has 0 unspecified atom stereocenters. The fourth-order valence-electron chi connectivity index (χ4n) is 4.16. The van der Waals surface area contributed by atoms with Gasteiger partial charge < -0.3 is 10.3 Å². The van der Waals surface area contributed by atoms with Gasteiger partial charge in [-0.15, -0.1) is 11.3 Å². The highest BCUT2D eigenvalue weighted by molar-refractivity contribution is 7.14. The third kappa shape index (κ3) is 4.45. The number of rotatable bonds is 7. The van der Waals surface area contributed by atoms with Crippen molar-refractivity contribution in [1.82, 2.24) is 35.1 Å². The van der Waals surface area contributed by atoms with E-state index in [1.807, 2.05) is 12.1 Å².